The number of hydrazine groups is 1. The largest absolute Gasteiger partial charge is 0.493 e. The summed E-state index contributed by atoms with van der Waals surface area (Å²) in [6.45, 7) is 0. The monoisotopic (exact) mass is 526 g/mol. The number of rotatable bonds is 6. The van der Waals surface area contributed by atoms with Gasteiger partial charge in [-0.2, -0.15) is 0 Å². The lowest BCUT2D eigenvalue weighted by Gasteiger charge is -2.37. The van der Waals surface area contributed by atoms with Gasteiger partial charge in [0.2, 0.25) is 0 Å². The minimum Gasteiger partial charge on any atom is -0.493 e. The number of fused-ring (bicyclic) bond motifs is 1. The molecular weight excluding hydrogens is 508 g/mol. The molecule has 2 N–H and O–H groups in total. The highest BCUT2D eigenvalue weighted by atomic mass is 79.9. The van der Waals surface area contributed by atoms with Gasteiger partial charge in [-0.25, -0.2) is 5.01 Å². The SMILES string of the molecule is COc1cc([C@H]2Nc3ccccc3C(=O)N2NC(=O)c2ccc(Br)cc2)c([N+](=O)[O-])cc1OC. The lowest BCUT2D eigenvalue weighted by Crippen LogP contribution is -2.53. The highest BCUT2D eigenvalue weighted by Crippen LogP contribution is 2.41. The molecule has 1 atom stereocenters. The molecule has 0 unspecified atom stereocenters. The fourth-order valence-electron chi connectivity index (χ4n) is 3.62. The van der Waals surface area contributed by atoms with Crippen molar-refractivity contribution in [3.05, 3.63) is 91.9 Å². The van der Waals surface area contributed by atoms with E-state index in [4.69, 9.17) is 9.47 Å². The second kappa shape index (κ2) is 9.40. The van der Waals surface area contributed by atoms with Gasteiger partial charge in [-0.3, -0.25) is 25.1 Å². The van der Waals surface area contributed by atoms with Crippen molar-refractivity contribution >= 4 is 39.1 Å². The molecule has 4 rings (SSSR count). The molecule has 34 heavy (non-hydrogen) atoms. The fraction of sp³-hybridized carbons (Fsp3) is 0.130. The first-order valence-corrected chi connectivity index (χ1v) is 10.8. The lowest BCUT2D eigenvalue weighted by molar-refractivity contribution is -0.386. The minimum atomic E-state index is -1.11. The molecule has 0 aliphatic carbocycles. The van der Waals surface area contributed by atoms with Crippen LogP contribution in [0.3, 0.4) is 0 Å². The first-order valence-electron chi connectivity index (χ1n) is 10.00. The summed E-state index contributed by atoms with van der Waals surface area (Å²) in [5.41, 5.74) is 3.46. The van der Waals surface area contributed by atoms with Gasteiger partial charge in [0.25, 0.3) is 17.5 Å². The molecule has 0 fully saturated rings. The molecule has 11 heteroatoms. The fourth-order valence-corrected chi connectivity index (χ4v) is 3.89. The topological polar surface area (TPSA) is 123 Å². The third-order valence-corrected chi connectivity index (χ3v) is 5.81. The number of methoxy groups -OCH3 is 2. The van der Waals surface area contributed by atoms with Crippen LogP contribution in [-0.2, 0) is 0 Å². The Balaban J connectivity index is 1.83. The summed E-state index contributed by atoms with van der Waals surface area (Å²) in [7, 11) is 2.76. The summed E-state index contributed by atoms with van der Waals surface area (Å²) in [4.78, 5) is 37.7. The van der Waals surface area contributed by atoms with Gasteiger partial charge >= 0.3 is 0 Å². The van der Waals surface area contributed by atoms with Gasteiger partial charge in [-0.15, -0.1) is 0 Å². The van der Waals surface area contributed by atoms with Gasteiger partial charge in [-0.05, 0) is 42.5 Å². The Morgan fingerprint density at radius 2 is 1.74 bits per heavy atom. The van der Waals surface area contributed by atoms with Crippen LogP contribution >= 0.6 is 15.9 Å². The molecule has 0 saturated carbocycles. The number of halogens is 1. The number of hydrogen-bond acceptors (Lipinski definition) is 7. The van der Waals surface area contributed by atoms with E-state index in [2.05, 4.69) is 26.7 Å². The number of nitro groups is 1. The maximum atomic E-state index is 13.4. The van der Waals surface area contributed by atoms with Crippen molar-refractivity contribution in [3.63, 3.8) is 0 Å². The van der Waals surface area contributed by atoms with Gasteiger partial charge in [0.05, 0.1) is 36.3 Å². The molecule has 174 valence electrons. The number of anilines is 1. The minimum absolute atomic E-state index is 0.0987. The summed E-state index contributed by atoms with van der Waals surface area (Å²) < 4.78 is 11.3. The van der Waals surface area contributed by atoms with Crippen LogP contribution in [-0.4, -0.2) is 36.0 Å². The molecule has 0 spiro atoms. The van der Waals surface area contributed by atoms with Crippen LogP contribution in [0.4, 0.5) is 11.4 Å². The summed E-state index contributed by atoms with van der Waals surface area (Å²) in [6.07, 6.45) is -1.11. The summed E-state index contributed by atoms with van der Waals surface area (Å²) in [5.74, 6) is -0.703. The van der Waals surface area contributed by atoms with Crippen LogP contribution in [0.5, 0.6) is 11.5 Å². The van der Waals surface area contributed by atoms with E-state index in [0.29, 0.717) is 16.8 Å². The van der Waals surface area contributed by atoms with Crippen LogP contribution in [0.1, 0.15) is 32.4 Å². The Morgan fingerprint density at radius 3 is 2.38 bits per heavy atom. The van der Waals surface area contributed by atoms with Crippen molar-refractivity contribution < 1.29 is 24.0 Å². The average molecular weight is 527 g/mol. The predicted molar refractivity (Wildman–Crippen MR) is 127 cm³/mol. The zero-order valence-corrected chi connectivity index (χ0v) is 19.7. The molecule has 1 aliphatic heterocycles. The molecule has 1 aliphatic rings. The van der Waals surface area contributed by atoms with Crippen LogP contribution in [0.2, 0.25) is 0 Å². The number of ether oxygens (including phenoxy) is 2. The molecule has 10 nitrogen and oxygen atoms in total. The van der Waals surface area contributed by atoms with E-state index in [0.717, 1.165) is 9.48 Å². The third kappa shape index (κ3) is 4.25. The highest BCUT2D eigenvalue weighted by Gasteiger charge is 2.38. The molecule has 0 aromatic heterocycles. The summed E-state index contributed by atoms with van der Waals surface area (Å²) >= 11 is 3.32. The van der Waals surface area contributed by atoms with Crippen molar-refractivity contribution in [2.45, 2.75) is 6.17 Å². The van der Waals surface area contributed by atoms with E-state index in [9.17, 15) is 19.7 Å². The van der Waals surface area contributed by atoms with Gasteiger partial charge in [0, 0.05) is 15.7 Å². The smallest absolute Gasteiger partial charge is 0.280 e. The summed E-state index contributed by atoms with van der Waals surface area (Å²) in [6, 6.07) is 15.9. The Bertz CT molecular complexity index is 1280. The number of para-hydroxylation sites is 1. The van der Waals surface area contributed by atoms with E-state index < -0.39 is 22.9 Å². The van der Waals surface area contributed by atoms with Crippen LogP contribution in [0.15, 0.2) is 65.1 Å². The number of hydrogen-bond donors (Lipinski definition) is 2. The van der Waals surface area contributed by atoms with Gasteiger partial charge in [0.15, 0.2) is 17.7 Å². The standard InChI is InChI=1S/C23H19BrN4O6/c1-33-19-11-16(18(28(31)32)12-20(19)34-2)21-25-17-6-4-3-5-15(17)23(30)27(21)26-22(29)13-7-9-14(24)10-8-13/h3-12,21,25H,1-2H3,(H,26,29)/t21-/m0/s1. The Labute approximate surface area is 202 Å². The van der Waals surface area contributed by atoms with Gasteiger partial charge in [-0.1, -0.05) is 28.1 Å². The average Bonchev–Trinajstić information content (AvgIpc) is 2.85. The van der Waals surface area contributed by atoms with E-state index in [-0.39, 0.29) is 22.7 Å². The molecule has 3 aromatic carbocycles. The first kappa shape index (κ1) is 23.1. The van der Waals surface area contributed by atoms with Crippen LogP contribution in [0, 0.1) is 10.1 Å². The van der Waals surface area contributed by atoms with Crippen molar-refractivity contribution in [1.82, 2.24) is 10.4 Å². The first-order chi connectivity index (χ1) is 16.3. The number of amides is 2. The third-order valence-electron chi connectivity index (χ3n) is 5.28. The van der Waals surface area contributed by atoms with E-state index in [1.54, 1.807) is 48.5 Å². The number of nitrogens with zero attached hydrogens (tertiary/aromatic N) is 2. The maximum absolute atomic E-state index is 13.4. The number of carbonyl (C=O) groups excluding carboxylic acids is 2. The van der Waals surface area contributed by atoms with E-state index >= 15 is 0 Å². The number of benzene rings is 3. The maximum Gasteiger partial charge on any atom is 0.280 e. The van der Waals surface area contributed by atoms with Crippen LogP contribution < -0.4 is 20.2 Å². The summed E-state index contributed by atoms with van der Waals surface area (Å²) in [5, 5.41) is 16.1. The molecule has 0 radical (unpaired) electrons. The molecule has 2 amide bonds. The zero-order chi connectivity index (χ0) is 24.4. The number of nitro benzene ring substituents is 1. The number of carbonyl (C=O) groups is 2. The molecule has 0 bridgehead atoms. The van der Waals surface area contributed by atoms with Crippen molar-refractivity contribution in [1.29, 1.82) is 0 Å². The predicted octanol–water partition coefficient (Wildman–Crippen LogP) is 4.29. The molecular formula is C23H19BrN4O6. The Kier molecular flexibility index (Phi) is 6.37. The van der Waals surface area contributed by atoms with Crippen LogP contribution in [0.25, 0.3) is 0 Å². The van der Waals surface area contributed by atoms with Crippen molar-refractivity contribution in [2.75, 3.05) is 19.5 Å². The zero-order valence-electron chi connectivity index (χ0n) is 18.1. The van der Waals surface area contributed by atoms with Crippen molar-refractivity contribution in [3.8, 4) is 11.5 Å². The quantitative estimate of drug-likeness (QED) is 0.362. The Morgan fingerprint density at radius 1 is 1.09 bits per heavy atom. The van der Waals surface area contributed by atoms with Gasteiger partial charge in [0.1, 0.15) is 0 Å². The molecule has 0 saturated heterocycles. The van der Waals surface area contributed by atoms with E-state index in [1.807, 2.05) is 0 Å². The highest BCUT2D eigenvalue weighted by molar-refractivity contribution is 9.10. The van der Waals surface area contributed by atoms with E-state index in [1.165, 1.54) is 26.4 Å². The molecule has 1 heterocycles. The van der Waals surface area contributed by atoms with Gasteiger partial charge < -0.3 is 14.8 Å². The Hall–Kier alpha value is -4.12. The lowest BCUT2D eigenvalue weighted by atomic mass is 10.0. The molecule has 3 aromatic rings. The van der Waals surface area contributed by atoms with Crippen molar-refractivity contribution in [2.24, 2.45) is 0 Å². The second-order valence-electron chi connectivity index (χ2n) is 7.24. The normalized spacial score (nSPS) is 14.6. The number of nitrogens with one attached hydrogen (secondary N) is 2. The second-order valence-corrected chi connectivity index (χ2v) is 8.15.